The second-order valence-electron chi connectivity index (χ2n) is 4.41. The van der Waals surface area contributed by atoms with Crippen LogP contribution < -0.4 is 10.5 Å². The summed E-state index contributed by atoms with van der Waals surface area (Å²) in [6.07, 6.45) is 1.70. The Labute approximate surface area is 93.4 Å². The molecule has 0 amide bonds. The van der Waals surface area contributed by atoms with Gasteiger partial charge in [-0.1, -0.05) is 0 Å². The molecule has 0 heterocycles. The highest BCUT2D eigenvalue weighted by atomic mass is 19.1. The number of hydrogen-bond donors (Lipinski definition) is 1. The average molecular weight is 227 g/mol. The third-order valence-electron chi connectivity index (χ3n) is 3.41. The Morgan fingerprint density at radius 2 is 2.00 bits per heavy atom. The minimum atomic E-state index is -0.663. The number of benzene rings is 1. The molecule has 1 atom stereocenters. The van der Waals surface area contributed by atoms with Crippen molar-refractivity contribution in [1.29, 1.82) is 0 Å². The van der Waals surface area contributed by atoms with E-state index >= 15 is 0 Å². The highest BCUT2D eigenvalue weighted by Crippen LogP contribution is 2.53. The summed E-state index contributed by atoms with van der Waals surface area (Å²) in [5.74, 6) is -1.12. The van der Waals surface area contributed by atoms with Crippen LogP contribution in [-0.4, -0.2) is 13.2 Å². The molecule has 1 unspecified atom stereocenters. The van der Waals surface area contributed by atoms with Crippen LogP contribution in [-0.2, 0) is 5.41 Å². The van der Waals surface area contributed by atoms with Gasteiger partial charge in [0.05, 0.1) is 7.11 Å². The molecule has 1 aromatic rings. The Morgan fingerprint density at radius 1 is 1.38 bits per heavy atom. The van der Waals surface area contributed by atoms with Gasteiger partial charge in [-0.05, 0) is 25.8 Å². The van der Waals surface area contributed by atoms with Crippen LogP contribution >= 0.6 is 0 Å². The molecule has 0 radical (unpaired) electrons. The van der Waals surface area contributed by atoms with Gasteiger partial charge in [-0.2, -0.15) is 0 Å². The zero-order valence-electron chi connectivity index (χ0n) is 9.39. The van der Waals surface area contributed by atoms with E-state index in [4.69, 9.17) is 10.5 Å². The minimum absolute atomic E-state index is 0.121. The van der Waals surface area contributed by atoms with E-state index in [1.54, 1.807) is 0 Å². The lowest BCUT2D eigenvalue weighted by Crippen LogP contribution is -2.32. The lowest BCUT2D eigenvalue weighted by atomic mass is 9.88. The van der Waals surface area contributed by atoms with Gasteiger partial charge in [0.15, 0.2) is 11.6 Å². The number of nitrogens with two attached hydrogens (primary N) is 1. The summed E-state index contributed by atoms with van der Waals surface area (Å²) in [5, 5.41) is 0. The van der Waals surface area contributed by atoms with Crippen LogP contribution in [0.2, 0.25) is 0 Å². The molecule has 88 valence electrons. The van der Waals surface area contributed by atoms with Crippen LogP contribution in [0.5, 0.6) is 5.75 Å². The minimum Gasteiger partial charge on any atom is -0.493 e. The molecule has 0 spiro atoms. The standard InChI is InChI=1S/C12H15F2NO/c1-7(15)12(3-4-12)9-5-8(13)6-10(14)11(9)16-2/h5-7H,3-4,15H2,1-2H3. The molecule has 2 rings (SSSR count). The first kappa shape index (κ1) is 11.3. The lowest BCUT2D eigenvalue weighted by molar-refractivity contribution is 0.368. The second kappa shape index (κ2) is 3.70. The zero-order valence-corrected chi connectivity index (χ0v) is 9.39. The molecular weight excluding hydrogens is 212 g/mol. The summed E-state index contributed by atoms with van der Waals surface area (Å²) in [7, 11) is 1.39. The van der Waals surface area contributed by atoms with E-state index in [0.29, 0.717) is 5.56 Å². The van der Waals surface area contributed by atoms with Crippen molar-refractivity contribution in [3.05, 3.63) is 29.3 Å². The zero-order chi connectivity index (χ0) is 11.9. The monoisotopic (exact) mass is 227 g/mol. The van der Waals surface area contributed by atoms with Crippen molar-refractivity contribution in [2.45, 2.75) is 31.2 Å². The molecule has 4 heteroatoms. The fraction of sp³-hybridized carbons (Fsp3) is 0.500. The maximum atomic E-state index is 13.5. The third kappa shape index (κ3) is 1.57. The molecule has 16 heavy (non-hydrogen) atoms. The molecular formula is C12H15F2NO. The Kier molecular flexibility index (Phi) is 2.62. The van der Waals surface area contributed by atoms with E-state index in [1.165, 1.54) is 13.2 Å². The largest absolute Gasteiger partial charge is 0.493 e. The average Bonchev–Trinajstić information content (AvgIpc) is 2.97. The molecule has 1 saturated carbocycles. The Bertz CT molecular complexity index is 414. The van der Waals surface area contributed by atoms with Crippen molar-refractivity contribution in [3.8, 4) is 5.75 Å². The van der Waals surface area contributed by atoms with Crippen LogP contribution in [0.4, 0.5) is 8.78 Å². The Morgan fingerprint density at radius 3 is 2.44 bits per heavy atom. The molecule has 0 bridgehead atoms. The topological polar surface area (TPSA) is 35.2 Å². The van der Waals surface area contributed by atoms with Crippen molar-refractivity contribution in [2.24, 2.45) is 5.73 Å². The third-order valence-corrected chi connectivity index (χ3v) is 3.41. The smallest absolute Gasteiger partial charge is 0.168 e. The van der Waals surface area contributed by atoms with Gasteiger partial charge >= 0.3 is 0 Å². The number of ether oxygens (including phenoxy) is 1. The Balaban J connectivity index is 2.55. The summed E-state index contributed by atoms with van der Waals surface area (Å²) in [6.45, 7) is 1.86. The van der Waals surface area contributed by atoms with Gasteiger partial charge in [0.25, 0.3) is 0 Å². The predicted molar refractivity (Wildman–Crippen MR) is 57.5 cm³/mol. The van der Waals surface area contributed by atoms with Crippen LogP contribution in [0.3, 0.4) is 0 Å². The number of halogens is 2. The van der Waals surface area contributed by atoms with Crippen molar-refractivity contribution in [2.75, 3.05) is 7.11 Å². The van der Waals surface area contributed by atoms with Crippen molar-refractivity contribution < 1.29 is 13.5 Å². The highest BCUT2D eigenvalue weighted by molar-refractivity contribution is 5.45. The summed E-state index contributed by atoms with van der Waals surface area (Å²) in [6, 6.07) is 2.03. The van der Waals surface area contributed by atoms with E-state index in [1.807, 2.05) is 6.92 Å². The van der Waals surface area contributed by atoms with Gasteiger partial charge < -0.3 is 10.5 Å². The first-order valence-corrected chi connectivity index (χ1v) is 5.30. The van der Waals surface area contributed by atoms with Crippen LogP contribution in [0.15, 0.2) is 12.1 Å². The first-order valence-electron chi connectivity index (χ1n) is 5.30. The summed E-state index contributed by atoms with van der Waals surface area (Å²) < 4.78 is 31.8. The molecule has 0 aliphatic heterocycles. The van der Waals surface area contributed by atoms with Gasteiger partial charge in [0.2, 0.25) is 0 Å². The van der Waals surface area contributed by atoms with E-state index in [2.05, 4.69) is 0 Å². The Hall–Kier alpha value is -1.16. The van der Waals surface area contributed by atoms with Gasteiger partial charge in [-0.3, -0.25) is 0 Å². The molecule has 1 aliphatic rings. The molecule has 2 nitrogen and oxygen atoms in total. The fourth-order valence-corrected chi connectivity index (χ4v) is 2.24. The number of hydrogen-bond acceptors (Lipinski definition) is 2. The highest BCUT2D eigenvalue weighted by Gasteiger charge is 2.49. The van der Waals surface area contributed by atoms with Crippen LogP contribution in [0, 0.1) is 11.6 Å². The predicted octanol–water partition coefficient (Wildman–Crippen LogP) is 2.35. The molecule has 1 aromatic carbocycles. The summed E-state index contributed by atoms with van der Waals surface area (Å²) in [5.41, 5.74) is 6.13. The van der Waals surface area contributed by atoms with E-state index in [-0.39, 0.29) is 17.2 Å². The molecule has 2 N–H and O–H groups in total. The summed E-state index contributed by atoms with van der Waals surface area (Å²) in [4.78, 5) is 0. The normalized spacial score (nSPS) is 19.3. The first-order chi connectivity index (χ1) is 7.51. The van der Waals surface area contributed by atoms with Gasteiger partial charge in [-0.15, -0.1) is 0 Å². The fourth-order valence-electron chi connectivity index (χ4n) is 2.24. The van der Waals surface area contributed by atoms with Gasteiger partial charge in [-0.25, -0.2) is 8.78 Å². The molecule has 1 fully saturated rings. The SMILES string of the molecule is COc1c(F)cc(F)cc1C1(C(C)N)CC1. The number of rotatable bonds is 3. The molecule has 0 saturated heterocycles. The number of methoxy groups -OCH3 is 1. The van der Waals surface area contributed by atoms with Crippen molar-refractivity contribution >= 4 is 0 Å². The van der Waals surface area contributed by atoms with Crippen LogP contribution in [0.1, 0.15) is 25.3 Å². The summed E-state index contributed by atoms with van der Waals surface area (Å²) >= 11 is 0. The van der Waals surface area contributed by atoms with Crippen molar-refractivity contribution in [3.63, 3.8) is 0 Å². The quantitative estimate of drug-likeness (QED) is 0.860. The van der Waals surface area contributed by atoms with E-state index in [9.17, 15) is 8.78 Å². The van der Waals surface area contributed by atoms with Gasteiger partial charge in [0.1, 0.15) is 5.82 Å². The molecule has 0 aromatic heterocycles. The lowest BCUT2D eigenvalue weighted by Gasteiger charge is -2.22. The maximum absolute atomic E-state index is 13.5. The second-order valence-corrected chi connectivity index (χ2v) is 4.41. The van der Waals surface area contributed by atoms with Crippen LogP contribution in [0.25, 0.3) is 0 Å². The maximum Gasteiger partial charge on any atom is 0.168 e. The van der Waals surface area contributed by atoms with Crippen molar-refractivity contribution in [1.82, 2.24) is 0 Å². The molecule has 1 aliphatic carbocycles. The van der Waals surface area contributed by atoms with Gasteiger partial charge in [0, 0.05) is 23.1 Å². The van der Waals surface area contributed by atoms with E-state index < -0.39 is 11.6 Å². The van der Waals surface area contributed by atoms with E-state index in [0.717, 1.165) is 18.9 Å².